The highest BCUT2D eigenvalue weighted by Crippen LogP contribution is 2.26. The molecular weight excluding hydrogens is 337 g/mol. The Morgan fingerprint density at radius 3 is 2.67 bits per heavy atom. The van der Waals surface area contributed by atoms with Crippen LogP contribution in [0.1, 0.15) is 12.8 Å². The molecule has 0 aliphatic carbocycles. The molecule has 0 radical (unpaired) electrons. The Kier molecular flexibility index (Phi) is 4.01. The molecular formula is C14H15BrFN5. The van der Waals surface area contributed by atoms with Crippen molar-refractivity contribution in [3.8, 4) is 11.4 Å². The molecule has 0 saturated carbocycles. The topological polar surface area (TPSA) is 53.9 Å². The van der Waals surface area contributed by atoms with Crippen LogP contribution in [-0.2, 0) is 0 Å². The lowest BCUT2D eigenvalue weighted by atomic mass is 10.2. The van der Waals surface area contributed by atoms with Crippen molar-refractivity contribution < 1.29 is 4.39 Å². The van der Waals surface area contributed by atoms with Gasteiger partial charge in [-0.05, 0) is 31.0 Å². The largest absolute Gasteiger partial charge is 0.357 e. The number of rotatable bonds is 3. The van der Waals surface area contributed by atoms with Gasteiger partial charge in [0.1, 0.15) is 5.82 Å². The van der Waals surface area contributed by atoms with Crippen molar-refractivity contribution in [3.63, 3.8) is 0 Å². The van der Waals surface area contributed by atoms with Crippen LogP contribution in [0.25, 0.3) is 11.4 Å². The van der Waals surface area contributed by atoms with E-state index in [0.717, 1.165) is 30.4 Å². The van der Waals surface area contributed by atoms with E-state index in [-0.39, 0.29) is 5.82 Å². The van der Waals surface area contributed by atoms with Crippen LogP contribution >= 0.6 is 15.9 Å². The van der Waals surface area contributed by atoms with Crippen LogP contribution in [0, 0.1) is 5.82 Å². The van der Waals surface area contributed by atoms with Crippen molar-refractivity contribution in [1.29, 1.82) is 0 Å². The first-order chi connectivity index (χ1) is 10.2. The van der Waals surface area contributed by atoms with Gasteiger partial charge in [0.05, 0.1) is 5.56 Å². The molecule has 1 aliphatic heterocycles. The van der Waals surface area contributed by atoms with Gasteiger partial charge in [0, 0.05) is 24.6 Å². The number of hydrogen-bond acceptors (Lipinski definition) is 5. The monoisotopic (exact) mass is 351 g/mol. The van der Waals surface area contributed by atoms with Crippen molar-refractivity contribution in [2.75, 3.05) is 30.4 Å². The lowest BCUT2D eigenvalue weighted by Crippen LogP contribution is -2.21. The normalized spacial score (nSPS) is 14.5. The molecule has 5 nitrogen and oxygen atoms in total. The molecule has 3 rings (SSSR count). The van der Waals surface area contributed by atoms with Crippen LogP contribution in [0.15, 0.2) is 22.7 Å². The highest BCUT2D eigenvalue weighted by molar-refractivity contribution is 9.10. The molecule has 2 heterocycles. The minimum Gasteiger partial charge on any atom is -0.357 e. The average molecular weight is 352 g/mol. The van der Waals surface area contributed by atoms with E-state index in [0.29, 0.717) is 23.3 Å². The van der Waals surface area contributed by atoms with Gasteiger partial charge in [0.15, 0.2) is 5.82 Å². The van der Waals surface area contributed by atoms with Gasteiger partial charge in [-0.15, -0.1) is 0 Å². The lowest BCUT2D eigenvalue weighted by Gasteiger charge is -2.16. The van der Waals surface area contributed by atoms with E-state index in [1.54, 1.807) is 19.2 Å². The molecule has 7 heteroatoms. The molecule has 21 heavy (non-hydrogen) atoms. The van der Waals surface area contributed by atoms with E-state index < -0.39 is 0 Å². The predicted octanol–water partition coefficient (Wildman–Crippen LogP) is 3.08. The summed E-state index contributed by atoms with van der Waals surface area (Å²) in [5, 5.41) is 2.91. The summed E-state index contributed by atoms with van der Waals surface area (Å²) in [5.41, 5.74) is 0.365. The molecule has 0 amide bonds. The molecule has 110 valence electrons. The van der Waals surface area contributed by atoms with E-state index >= 15 is 0 Å². The molecule has 1 aliphatic rings. The third kappa shape index (κ3) is 2.97. The predicted molar refractivity (Wildman–Crippen MR) is 83.9 cm³/mol. The highest BCUT2D eigenvalue weighted by Gasteiger charge is 2.19. The van der Waals surface area contributed by atoms with Crippen molar-refractivity contribution in [2.24, 2.45) is 0 Å². The number of halogens is 2. The maximum Gasteiger partial charge on any atom is 0.230 e. The Labute approximate surface area is 130 Å². The lowest BCUT2D eigenvalue weighted by molar-refractivity contribution is 0.629. The van der Waals surface area contributed by atoms with Gasteiger partial charge in [-0.1, -0.05) is 15.9 Å². The van der Waals surface area contributed by atoms with Gasteiger partial charge < -0.3 is 10.2 Å². The minimum atomic E-state index is -0.348. The molecule has 0 unspecified atom stereocenters. The molecule has 1 aromatic heterocycles. The molecule has 1 saturated heterocycles. The fourth-order valence-corrected chi connectivity index (χ4v) is 2.69. The molecule has 1 fully saturated rings. The summed E-state index contributed by atoms with van der Waals surface area (Å²) in [5.74, 6) is 1.04. The van der Waals surface area contributed by atoms with Crippen LogP contribution in [0.2, 0.25) is 0 Å². The van der Waals surface area contributed by atoms with E-state index in [4.69, 9.17) is 0 Å². The first-order valence-electron chi connectivity index (χ1n) is 6.81. The van der Waals surface area contributed by atoms with E-state index in [1.165, 1.54) is 6.07 Å². The third-order valence-corrected chi connectivity index (χ3v) is 3.90. The van der Waals surface area contributed by atoms with Crippen molar-refractivity contribution in [3.05, 3.63) is 28.5 Å². The van der Waals surface area contributed by atoms with Crippen molar-refractivity contribution in [1.82, 2.24) is 15.0 Å². The van der Waals surface area contributed by atoms with Gasteiger partial charge in [-0.2, -0.15) is 15.0 Å². The number of aromatic nitrogens is 3. The molecule has 0 atom stereocenters. The smallest absolute Gasteiger partial charge is 0.230 e. The maximum atomic E-state index is 14.0. The van der Waals surface area contributed by atoms with Gasteiger partial charge in [-0.3, -0.25) is 0 Å². The summed E-state index contributed by atoms with van der Waals surface area (Å²) in [7, 11) is 1.74. The Hall–Kier alpha value is -1.76. The zero-order chi connectivity index (χ0) is 14.8. The van der Waals surface area contributed by atoms with E-state index in [2.05, 4.69) is 41.1 Å². The van der Waals surface area contributed by atoms with Gasteiger partial charge in [-0.25, -0.2) is 4.39 Å². The highest BCUT2D eigenvalue weighted by atomic mass is 79.9. The molecule has 0 spiro atoms. The second kappa shape index (κ2) is 5.93. The average Bonchev–Trinajstić information content (AvgIpc) is 3.03. The Morgan fingerprint density at radius 1 is 1.19 bits per heavy atom. The van der Waals surface area contributed by atoms with Crippen molar-refractivity contribution >= 4 is 27.8 Å². The first-order valence-corrected chi connectivity index (χ1v) is 7.61. The quantitative estimate of drug-likeness (QED) is 0.920. The number of nitrogens with one attached hydrogen (secondary N) is 1. The third-order valence-electron chi connectivity index (χ3n) is 3.41. The number of hydrogen-bond donors (Lipinski definition) is 1. The van der Waals surface area contributed by atoms with Crippen LogP contribution in [-0.4, -0.2) is 35.1 Å². The van der Waals surface area contributed by atoms with Crippen molar-refractivity contribution in [2.45, 2.75) is 12.8 Å². The summed E-state index contributed by atoms with van der Waals surface area (Å²) >= 11 is 3.35. The van der Waals surface area contributed by atoms with Crippen LogP contribution < -0.4 is 10.2 Å². The van der Waals surface area contributed by atoms with Gasteiger partial charge in [0.25, 0.3) is 0 Å². The zero-order valence-electron chi connectivity index (χ0n) is 11.6. The summed E-state index contributed by atoms with van der Waals surface area (Å²) in [6, 6.07) is 4.73. The van der Waals surface area contributed by atoms with Crippen LogP contribution in [0.3, 0.4) is 0 Å². The fourth-order valence-electron chi connectivity index (χ4n) is 2.32. The second-order valence-electron chi connectivity index (χ2n) is 4.85. The molecule has 2 aromatic rings. The summed E-state index contributed by atoms with van der Waals surface area (Å²) in [6.45, 7) is 1.85. The second-order valence-corrected chi connectivity index (χ2v) is 5.77. The number of benzene rings is 1. The van der Waals surface area contributed by atoms with Gasteiger partial charge in [0.2, 0.25) is 11.9 Å². The Bertz CT molecular complexity index is 658. The Morgan fingerprint density at radius 2 is 1.95 bits per heavy atom. The number of nitrogens with zero attached hydrogens (tertiary/aromatic N) is 4. The van der Waals surface area contributed by atoms with E-state index in [1.807, 2.05) is 0 Å². The minimum absolute atomic E-state index is 0.343. The number of anilines is 2. The Balaban J connectivity index is 2.08. The maximum absolute atomic E-state index is 14.0. The van der Waals surface area contributed by atoms with Crippen LogP contribution in [0.4, 0.5) is 16.3 Å². The van der Waals surface area contributed by atoms with Gasteiger partial charge >= 0.3 is 0 Å². The molecule has 0 bridgehead atoms. The fraction of sp³-hybridized carbons (Fsp3) is 0.357. The summed E-state index contributed by atoms with van der Waals surface area (Å²) in [4.78, 5) is 15.2. The molecule has 1 aromatic carbocycles. The standard InChI is InChI=1S/C14H15BrFN5/c1-17-13-18-12(10-8-9(15)4-5-11(10)16)19-14(20-13)21-6-2-3-7-21/h4-5,8H,2-3,6-7H2,1H3,(H,17,18,19,20). The summed E-state index contributed by atoms with van der Waals surface area (Å²) in [6.07, 6.45) is 2.25. The van der Waals surface area contributed by atoms with E-state index in [9.17, 15) is 4.39 Å². The van der Waals surface area contributed by atoms with Crippen LogP contribution in [0.5, 0.6) is 0 Å². The molecule has 1 N–H and O–H groups in total. The zero-order valence-corrected chi connectivity index (χ0v) is 13.2. The summed E-state index contributed by atoms with van der Waals surface area (Å²) < 4.78 is 14.8. The SMILES string of the molecule is CNc1nc(-c2cc(Br)ccc2F)nc(N2CCCC2)n1. The first kappa shape index (κ1) is 14.2.